The number of nitrogens with one attached hydrogen (secondary N) is 1. The molecule has 94 valence electrons. The highest BCUT2D eigenvalue weighted by molar-refractivity contribution is 6.00. The number of ether oxygens (including phenoxy) is 1. The molecule has 0 unspecified atom stereocenters. The molecule has 1 aromatic carbocycles. The minimum absolute atomic E-state index is 0.0125. The molecule has 1 amide bonds. The normalized spacial score (nSPS) is 13.5. The number of benzene rings is 1. The SMILES string of the molecule is CC(=O)OCC(=O)c1ccc2c(c1)CCC(=O)N2. The van der Waals surface area contributed by atoms with E-state index in [1.807, 2.05) is 0 Å². The van der Waals surface area contributed by atoms with E-state index in [0.717, 1.165) is 11.3 Å². The van der Waals surface area contributed by atoms with E-state index in [1.165, 1.54) is 6.92 Å². The highest BCUT2D eigenvalue weighted by Crippen LogP contribution is 2.23. The van der Waals surface area contributed by atoms with Crippen molar-refractivity contribution in [3.8, 4) is 0 Å². The smallest absolute Gasteiger partial charge is 0.303 e. The molecule has 1 aliphatic rings. The Kier molecular flexibility index (Phi) is 3.41. The number of aryl methyl sites for hydroxylation is 1. The Labute approximate surface area is 104 Å². The number of amides is 1. The first-order valence-corrected chi connectivity index (χ1v) is 5.65. The number of carbonyl (C=O) groups excluding carboxylic acids is 3. The van der Waals surface area contributed by atoms with Crippen molar-refractivity contribution in [2.45, 2.75) is 19.8 Å². The molecule has 0 radical (unpaired) electrons. The number of hydrogen-bond donors (Lipinski definition) is 1. The molecule has 1 aromatic rings. The van der Waals surface area contributed by atoms with Gasteiger partial charge in [0, 0.05) is 24.6 Å². The zero-order valence-corrected chi connectivity index (χ0v) is 9.99. The highest BCUT2D eigenvalue weighted by Gasteiger charge is 2.16. The summed E-state index contributed by atoms with van der Waals surface area (Å²) in [6.07, 6.45) is 1.05. The Balaban J connectivity index is 2.13. The van der Waals surface area contributed by atoms with E-state index < -0.39 is 5.97 Å². The summed E-state index contributed by atoms with van der Waals surface area (Å²) in [5.74, 6) is -0.736. The lowest BCUT2D eigenvalue weighted by atomic mass is 9.99. The fraction of sp³-hybridized carbons (Fsp3) is 0.308. The first-order valence-electron chi connectivity index (χ1n) is 5.65. The summed E-state index contributed by atoms with van der Waals surface area (Å²) < 4.78 is 4.66. The molecule has 1 N–H and O–H groups in total. The molecule has 5 nitrogen and oxygen atoms in total. The molecule has 1 aliphatic heterocycles. The third-order valence-corrected chi connectivity index (χ3v) is 2.73. The van der Waals surface area contributed by atoms with Crippen LogP contribution in [0.3, 0.4) is 0 Å². The first-order chi connectivity index (χ1) is 8.56. The van der Waals surface area contributed by atoms with E-state index in [4.69, 9.17) is 0 Å². The summed E-state index contributed by atoms with van der Waals surface area (Å²) in [6.45, 7) is 1.01. The van der Waals surface area contributed by atoms with Gasteiger partial charge in [-0.3, -0.25) is 14.4 Å². The Morgan fingerprint density at radius 2 is 2.11 bits per heavy atom. The van der Waals surface area contributed by atoms with E-state index in [1.54, 1.807) is 18.2 Å². The molecule has 18 heavy (non-hydrogen) atoms. The molecule has 0 saturated heterocycles. The van der Waals surface area contributed by atoms with Crippen molar-refractivity contribution in [2.24, 2.45) is 0 Å². The monoisotopic (exact) mass is 247 g/mol. The van der Waals surface area contributed by atoms with Gasteiger partial charge in [0.1, 0.15) is 0 Å². The standard InChI is InChI=1S/C13H13NO4/c1-8(15)18-7-12(16)10-2-4-11-9(6-10)3-5-13(17)14-11/h2,4,6H,3,5,7H2,1H3,(H,14,17). The van der Waals surface area contributed by atoms with Crippen molar-refractivity contribution in [3.05, 3.63) is 29.3 Å². The lowest BCUT2D eigenvalue weighted by Crippen LogP contribution is -2.20. The maximum absolute atomic E-state index is 11.7. The number of anilines is 1. The number of carbonyl (C=O) groups is 3. The minimum atomic E-state index is -0.478. The van der Waals surface area contributed by atoms with Crippen LogP contribution in [-0.4, -0.2) is 24.3 Å². The average Bonchev–Trinajstić information content (AvgIpc) is 2.35. The maximum Gasteiger partial charge on any atom is 0.303 e. The molecule has 0 aliphatic carbocycles. The Hall–Kier alpha value is -2.17. The quantitative estimate of drug-likeness (QED) is 0.645. The highest BCUT2D eigenvalue weighted by atomic mass is 16.5. The predicted octanol–water partition coefficient (Wildman–Crippen LogP) is 1.32. The number of fused-ring (bicyclic) bond motifs is 1. The van der Waals surface area contributed by atoms with Gasteiger partial charge in [0.05, 0.1) is 0 Å². The number of Topliss-reactive ketones (excluding diaryl/α,β-unsaturated/α-hetero) is 1. The second-order valence-electron chi connectivity index (χ2n) is 4.12. The van der Waals surface area contributed by atoms with E-state index >= 15 is 0 Å². The minimum Gasteiger partial charge on any atom is -0.457 e. The van der Waals surface area contributed by atoms with Gasteiger partial charge in [-0.1, -0.05) is 0 Å². The molecular weight excluding hydrogens is 234 g/mol. The maximum atomic E-state index is 11.7. The lowest BCUT2D eigenvalue weighted by molar-refractivity contribution is -0.139. The Morgan fingerprint density at radius 1 is 1.33 bits per heavy atom. The molecule has 0 spiro atoms. The Morgan fingerprint density at radius 3 is 2.83 bits per heavy atom. The van der Waals surface area contributed by atoms with E-state index in [2.05, 4.69) is 10.1 Å². The van der Waals surface area contributed by atoms with Crippen molar-refractivity contribution in [1.29, 1.82) is 0 Å². The van der Waals surface area contributed by atoms with Crippen molar-refractivity contribution in [3.63, 3.8) is 0 Å². The molecule has 0 bridgehead atoms. The van der Waals surface area contributed by atoms with Crippen LogP contribution in [0.2, 0.25) is 0 Å². The zero-order chi connectivity index (χ0) is 13.1. The van der Waals surface area contributed by atoms with Gasteiger partial charge < -0.3 is 10.1 Å². The molecule has 0 fully saturated rings. The van der Waals surface area contributed by atoms with Crippen LogP contribution in [0.5, 0.6) is 0 Å². The number of hydrogen-bond acceptors (Lipinski definition) is 4. The van der Waals surface area contributed by atoms with Gasteiger partial charge in [-0.25, -0.2) is 0 Å². The van der Waals surface area contributed by atoms with Gasteiger partial charge in [0.25, 0.3) is 0 Å². The molecule has 1 heterocycles. The third-order valence-electron chi connectivity index (χ3n) is 2.73. The summed E-state index contributed by atoms with van der Waals surface area (Å²) in [6, 6.07) is 5.06. The molecule has 0 aromatic heterocycles. The zero-order valence-electron chi connectivity index (χ0n) is 9.99. The van der Waals surface area contributed by atoms with Gasteiger partial charge in [-0.15, -0.1) is 0 Å². The van der Waals surface area contributed by atoms with Crippen molar-refractivity contribution in [1.82, 2.24) is 0 Å². The molecule has 5 heteroatoms. The molecule has 0 atom stereocenters. The number of rotatable bonds is 3. The van der Waals surface area contributed by atoms with Crippen LogP contribution in [-0.2, 0) is 20.7 Å². The Bertz CT molecular complexity index is 522. The van der Waals surface area contributed by atoms with Crippen LogP contribution in [0.25, 0.3) is 0 Å². The summed E-state index contributed by atoms with van der Waals surface area (Å²) >= 11 is 0. The summed E-state index contributed by atoms with van der Waals surface area (Å²) in [7, 11) is 0. The van der Waals surface area contributed by atoms with Gasteiger partial charge in [-0.2, -0.15) is 0 Å². The summed E-state index contributed by atoms with van der Waals surface area (Å²) in [4.78, 5) is 33.5. The van der Waals surface area contributed by atoms with Crippen molar-refractivity contribution >= 4 is 23.3 Å². The van der Waals surface area contributed by atoms with Crippen LogP contribution >= 0.6 is 0 Å². The van der Waals surface area contributed by atoms with Gasteiger partial charge in [0.15, 0.2) is 12.4 Å². The fourth-order valence-corrected chi connectivity index (χ4v) is 1.81. The second-order valence-corrected chi connectivity index (χ2v) is 4.12. The molecular formula is C13H13NO4. The number of ketones is 1. The van der Waals surface area contributed by atoms with Crippen LogP contribution < -0.4 is 5.32 Å². The molecule has 2 rings (SSSR count). The van der Waals surface area contributed by atoms with Crippen molar-refractivity contribution < 1.29 is 19.1 Å². The predicted molar refractivity (Wildman–Crippen MR) is 64.4 cm³/mol. The van der Waals surface area contributed by atoms with E-state index in [9.17, 15) is 14.4 Å². The van der Waals surface area contributed by atoms with Crippen LogP contribution in [0.1, 0.15) is 29.3 Å². The number of esters is 1. The van der Waals surface area contributed by atoms with E-state index in [0.29, 0.717) is 18.4 Å². The average molecular weight is 247 g/mol. The summed E-state index contributed by atoms with van der Waals surface area (Å²) in [5.41, 5.74) is 2.17. The largest absolute Gasteiger partial charge is 0.457 e. The van der Waals surface area contributed by atoms with Crippen LogP contribution in [0.15, 0.2) is 18.2 Å². The topological polar surface area (TPSA) is 72.5 Å². The summed E-state index contributed by atoms with van der Waals surface area (Å²) in [5, 5.41) is 2.74. The van der Waals surface area contributed by atoms with Gasteiger partial charge in [0.2, 0.25) is 5.91 Å². The van der Waals surface area contributed by atoms with E-state index in [-0.39, 0.29) is 18.3 Å². The molecule has 0 saturated carbocycles. The first kappa shape index (κ1) is 12.3. The fourth-order valence-electron chi connectivity index (χ4n) is 1.81. The van der Waals surface area contributed by atoms with Crippen LogP contribution in [0, 0.1) is 0 Å². The van der Waals surface area contributed by atoms with Gasteiger partial charge in [-0.05, 0) is 30.2 Å². The lowest BCUT2D eigenvalue weighted by Gasteiger charge is -2.17. The van der Waals surface area contributed by atoms with Crippen LogP contribution in [0.4, 0.5) is 5.69 Å². The third kappa shape index (κ3) is 2.74. The van der Waals surface area contributed by atoms with Gasteiger partial charge >= 0.3 is 5.97 Å². The second kappa shape index (κ2) is 5.00. The van der Waals surface area contributed by atoms with Crippen molar-refractivity contribution in [2.75, 3.05) is 11.9 Å².